The molecule has 0 heterocycles. The first-order valence-corrected chi connectivity index (χ1v) is 6.36. The normalized spacial score (nSPS) is 9.85. The zero-order valence-electron chi connectivity index (χ0n) is 10.2. The number of carbonyl (C=O) groups excluding carboxylic acids is 1. The summed E-state index contributed by atoms with van der Waals surface area (Å²) in [5.74, 6) is -1.15. The quantitative estimate of drug-likeness (QED) is 0.827. The van der Waals surface area contributed by atoms with Gasteiger partial charge in [0.2, 0.25) is 0 Å². The van der Waals surface area contributed by atoms with E-state index < -0.39 is 11.7 Å². The Morgan fingerprint density at radius 2 is 2.10 bits per heavy atom. The second kappa shape index (κ2) is 5.72. The molecule has 2 aromatic rings. The van der Waals surface area contributed by atoms with Crippen molar-refractivity contribution in [2.45, 2.75) is 0 Å². The van der Waals surface area contributed by atoms with Crippen LogP contribution in [0.5, 0.6) is 0 Å². The second-order valence-corrected chi connectivity index (χ2v) is 4.92. The Morgan fingerprint density at radius 3 is 2.75 bits per heavy atom. The highest BCUT2D eigenvalue weighted by Gasteiger charge is 2.12. The SMILES string of the molecule is N#Cc1c(F)cccc1NC(=O)c1cc(N)cc(Br)c1. The van der Waals surface area contributed by atoms with Crippen LogP contribution in [0, 0.1) is 17.1 Å². The van der Waals surface area contributed by atoms with Crippen LogP contribution in [0.4, 0.5) is 15.8 Å². The highest BCUT2D eigenvalue weighted by Crippen LogP contribution is 2.21. The van der Waals surface area contributed by atoms with E-state index in [0.717, 1.165) is 6.07 Å². The second-order valence-electron chi connectivity index (χ2n) is 4.00. The number of nitrogens with one attached hydrogen (secondary N) is 1. The lowest BCUT2D eigenvalue weighted by atomic mass is 10.1. The Morgan fingerprint density at radius 1 is 1.35 bits per heavy atom. The number of anilines is 2. The zero-order chi connectivity index (χ0) is 14.7. The van der Waals surface area contributed by atoms with Crippen LogP contribution in [0.2, 0.25) is 0 Å². The van der Waals surface area contributed by atoms with Crippen molar-refractivity contribution in [3.63, 3.8) is 0 Å². The topological polar surface area (TPSA) is 78.9 Å². The van der Waals surface area contributed by atoms with Crippen molar-refractivity contribution < 1.29 is 9.18 Å². The van der Waals surface area contributed by atoms with E-state index in [1.165, 1.54) is 18.2 Å². The molecule has 0 aromatic heterocycles. The Balaban J connectivity index is 2.33. The molecule has 2 rings (SSSR count). The van der Waals surface area contributed by atoms with Crippen molar-refractivity contribution in [2.24, 2.45) is 0 Å². The Kier molecular flexibility index (Phi) is 4.01. The van der Waals surface area contributed by atoms with Gasteiger partial charge in [-0.3, -0.25) is 4.79 Å². The van der Waals surface area contributed by atoms with Crippen LogP contribution in [-0.4, -0.2) is 5.91 Å². The lowest BCUT2D eigenvalue weighted by Crippen LogP contribution is -2.13. The molecule has 0 saturated carbocycles. The summed E-state index contributed by atoms with van der Waals surface area (Å²) in [7, 11) is 0. The highest BCUT2D eigenvalue weighted by molar-refractivity contribution is 9.10. The van der Waals surface area contributed by atoms with Gasteiger partial charge in [0.25, 0.3) is 5.91 Å². The third-order valence-electron chi connectivity index (χ3n) is 2.56. The van der Waals surface area contributed by atoms with E-state index in [1.54, 1.807) is 18.2 Å². The number of carbonyl (C=O) groups is 1. The van der Waals surface area contributed by atoms with E-state index >= 15 is 0 Å². The maximum Gasteiger partial charge on any atom is 0.255 e. The number of nitrogen functional groups attached to an aromatic ring is 1. The summed E-state index contributed by atoms with van der Waals surface area (Å²) in [4.78, 5) is 12.1. The first kappa shape index (κ1) is 14.0. The van der Waals surface area contributed by atoms with E-state index in [9.17, 15) is 9.18 Å². The van der Waals surface area contributed by atoms with E-state index in [4.69, 9.17) is 11.0 Å². The van der Waals surface area contributed by atoms with Gasteiger partial charge in [-0.2, -0.15) is 5.26 Å². The minimum atomic E-state index is -0.681. The molecule has 2 aromatic carbocycles. The standard InChI is InChI=1S/C14H9BrFN3O/c15-9-4-8(5-10(18)6-9)14(20)19-13-3-1-2-12(16)11(13)7-17/h1-6H,18H2,(H,19,20). The van der Waals surface area contributed by atoms with E-state index in [1.807, 2.05) is 0 Å². The molecule has 0 fully saturated rings. The van der Waals surface area contributed by atoms with Gasteiger partial charge in [0.15, 0.2) is 0 Å². The van der Waals surface area contributed by atoms with Crippen LogP contribution in [0.1, 0.15) is 15.9 Å². The van der Waals surface area contributed by atoms with Crippen molar-refractivity contribution in [2.75, 3.05) is 11.1 Å². The molecule has 3 N–H and O–H groups in total. The molecule has 0 saturated heterocycles. The zero-order valence-corrected chi connectivity index (χ0v) is 11.7. The van der Waals surface area contributed by atoms with Crippen LogP contribution < -0.4 is 11.1 Å². The first-order chi connectivity index (χ1) is 9.51. The smallest absolute Gasteiger partial charge is 0.255 e. The van der Waals surface area contributed by atoms with Gasteiger partial charge in [-0.15, -0.1) is 0 Å². The van der Waals surface area contributed by atoms with Gasteiger partial charge in [0.1, 0.15) is 17.4 Å². The number of hydrogen-bond donors (Lipinski definition) is 2. The summed E-state index contributed by atoms with van der Waals surface area (Å²) >= 11 is 3.23. The molecule has 0 atom stereocenters. The first-order valence-electron chi connectivity index (χ1n) is 5.57. The average molecular weight is 334 g/mol. The Labute approximate surface area is 123 Å². The van der Waals surface area contributed by atoms with Gasteiger partial charge in [0, 0.05) is 15.7 Å². The summed E-state index contributed by atoms with van der Waals surface area (Å²) in [6.07, 6.45) is 0. The third kappa shape index (κ3) is 2.95. The van der Waals surface area contributed by atoms with Crippen molar-refractivity contribution >= 4 is 33.2 Å². The fourth-order valence-electron chi connectivity index (χ4n) is 1.68. The molecule has 0 bridgehead atoms. The maximum absolute atomic E-state index is 13.4. The molecule has 100 valence electrons. The molecule has 6 heteroatoms. The van der Waals surface area contributed by atoms with Gasteiger partial charge in [-0.1, -0.05) is 22.0 Å². The molecule has 0 radical (unpaired) electrons. The molecule has 0 aliphatic carbocycles. The lowest BCUT2D eigenvalue weighted by Gasteiger charge is -2.08. The Hall–Kier alpha value is -2.39. The van der Waals surface area contributed by atoms with Gasteiger partial charge in [-0.25, -0.2) is 4.39 Å². The Bertz CT molecular complexity index is 705. The number of benzene rings is 2. The summed E-state index contributed by atoms with van der Waals surface area (Å²) < 4.78 is 14.1. The van der Waals surface area contributed by atoms with Gasteiger partial charge in [-0.05, 0) is 30.3 Å². The van der Waals surface area contributed by atoms with Crippen LogP contribution >= 0.6 is 15.9 Å². The summed E-state index contributed by atoms with van der Waals surface area (Å²) in [6, 6.07) is 10.5. The minimum absolute atomic E-state index is 0.121. The van der Waals surface area contributed by atoms with Gasteiger partial charge in [0.05, 0.1) is 5.69 Å². The third-order valence-corrected chi connectivity index (χ3v) is 3.01. The van der Waals surface area contributed by atoms with E-state index in [2.05, 4.69) is 21.2 Å². The fraction of sp³-hybridized carbons (Fsp3) is 0. The minimum Gasteiger partial charge on any atom is -0.399 e. The summed E-state index contributed by atoms with van der Waals surface area (Å²) in [6.45, 7) is 0. The number of amides is 1. The molecule has 0 aliphatic heterocycles. The van der Waals surface area contributed by atoms with Crippen molar-refractivity contribution in [1.29, 1.82) is 5.26 Å². The summed E-state index contributed by atoms with van der Waals surface area (Å²) in [5.41, 5.74) is 6.30. The average Bonchev–Trinajstić information content (AvgIpc) is 2.37. The number of halogens is 2. The lowest BCUT2D eigenvalue weighted by molar-refractivity contribution is 0.102. The number of rotatable bonds is 2. The predicted molar refractivity (Wildman–Crippen MR) is 77.6 cm³/mol. The molecule has 20 heavy (non-hydrogen) atoms. The molecule has 4 nitrogen and oxygen atoms in total. The van der Waals surface area contributed by atoms with Crippen molar-refractivity contribution in [3.05, 3.63) is 57.8 Å². The molecule has 0 aliphatic rings. The maximum atomic E-state index is 13.4. The highest BCUT2D eigenvalue weighted by atomic mass is 79.9. The van der Waals surface area contributed by atoms with Crippen molar-refractivity contribution in [3.8, 4) is 6.07 Å². The number of nitriles is 1. The van der Waals surface area contributed by atoms with Gasteiger partial charge >= 0.3 is 0 Å². The summed E-state index contributed by atoms with van der Waals surface area (Å²) in [5, 5.41) is 11.4. The van der Waals surface area contributed by atoms with Gasteiger partial charge < -0.3 is 11.1 Å². The largest absolute Gasteiger partial charge is 0.399 e. The predicted octanol–water partition coefficient (Wildman–Crippen LogP) is 3.29. The molecular weight excluding hydrogens is 325 g/mol. The van der Waals surface area contributed by atoms with Crippen molar-refractivity contribution in [1.82, 2.24) is 0 Å². The molecule has 0 unspecified atom stereocenters. The molecule has 1 amide bonds. The van der Waals surface area contributed by atoms with Crippen LogP contribution in [-0.2, 0) is 0 Å². The van der Waals surface area contributed by atoms with E-state index in [-0.39, 0.29) is 11.3 Å². The van der Waals surface area contributed by atoms with Crippen LogP contribution in [0.3, 0.4) is 0 Å². The number of hydrogen-bond acceptors (Lipinski definition) is 3. The molecular formula is C14H9BrFN3O. The number of nitrogens with two attached hydrogens (primary N) is 1. The van der Waals surface area contributed by atoms with Crippen LogP contribution in [0.25, 0.3) is 0 Å². The van der Waals surface area contributed by atoms with Crippen LogP contribution in [0.15, 0.2) is 40.9 Å². The monoisotopic (exact) mass is 333 g/mol. The van der Waals surface area contributed by atoms with E-state index in [0.29, 0.717) is 15.7 Å². The molecule has 0 spiro atoms. The number of nitrogens with zero attached hydrogens (tertiary/aromatic N) is 1. The fourth-order valence-corrected chi connectivity index (χ4v) is 2.19.